The molecule has 0 unspecified atom stereocenters. The van der Waals surface area contributed by atoms with Gasteiger partial charge < -0.3 is 54.9 Å². The lowest BCUT2D eigenvalue weighted by Crippen LogP contribution is -2.59. The van der Waals surface area contributed by atoms with Crippen molar-refractivity contribution in [1.82, 2.24) is 40.4 Å². The summed E-state index contributed by atoms with van der Waals surface area (Å²) < 4.78 is 19.3. The number of ether oxygens (including phenoxy) is 2. The molecule has 1 aliphatic carbocycles. The molecular weight excluding hydrogens is 995 g/mol. The Hall–Kier alpha value is -5.70. The second-order valence-electron chi connectivity index (χ2n) is 23.1. The van der Waals surface area contributed by atoms with Crippen molar-refractivity contribution in [3.63, 3.8) is 0 Å². The molecule has 5 N–H and O–H groups in total. The van der Waals surface area contributed by atoms with Gasteiger partial charge in [0.1, 0.15) is 17.7 Å². The summed E-state index contributed by atoms with van der Waals surface area (Å²) in [4.78, 5) is 45.1. The molecule has 3 aromatic heterocycles. The van der Waals surface area contributed by atoms with E-state index in [9.17, 15) is 19.8 Å². The molecule has 412 valence electrons. The number of piperidine rings is 3. The van der Waals surface area contributed by atoms with E-state index < -0.39 is 18.1 Å². The Morgan fingerprint density at radius 2 is 1.64 bits per heavy atom. The monoisotopic (exact) mass is 1070 g/mol. The fourth-order valence-corrected chi connectivity index (χ4v) is 13.9. The molecule has 8 heterocycles. The summed E-state index contributed by atoms with van der Waals surface area (Å²) in [6, 6.07) is 18.7. The molecule has 5 aliphatic heterocycles. The van der Waals surface area contributed by atoms with Crippen LogP contribution >= 0.6 is 11.3 Å². The number of para-hydroxylation sites is 1. The van der Waals surface area contributed by atoms with Crippen molar-refractivity contribution in [1.29, 1.82) is 0 Å². The fraction of sp³-hybridized carbons (Fsp3) is 0.586. The van der Waals surface area contributed by atoms with Gasteiger partial charge in [-0.3, -0.25) is 14.5 Å². The first kappa shape index (κ1) is 53.3. The van der Waals surface area contributed by atoms with Crippen molar-refractivity contribution in [3.05, 3.63) is 83.2 Å². The van der Waals surface area contributed by atoms with E-state index >= 15 is 0 Å². The van der Waals surface area contributed by atoms with Crippen LogP contribution in [0.2, 0.25) is 0 Å². The maximum atomic E-state index is 14.4. The Kier molecular flexibility index (Phi) is 15.9. The van der Waals surface area contributed by atoms with Crippen molar-refractivity contribution in [2.45, 2.75) is 133 Å². The van der Waals surface area contributed by atoms with Crippen molar-refractivity contribution in [2.75, 3.05) is 87.6 Å². The number of hydrogen-bond donors (Lipinski definition) is 4. The Labute approximate surface area is 456 Å². The summed E-state index contributed by atoms with van der Waals surface area (Å²) in [5.41, 5.74) is 13.2. The second-order valence-corrected chi connectivity index (χ2v) is 24.0. The third kappa shape index (κ3) is 11.7. The van der Waals surface area contributed by atoms with E-state index in [2.05, 4.69) is 45.3 Å². The Morgan fingerprint density at radius 3 is 2.34 bits per heavy atom. The largest absolute Gasteiger partial charge is 0.507 e. The number of likely N-dealkylation sites (tertiary alicyclic amines) is 2. The van der Waals surface area contributed by atoms with Crippen LogP contribution in [0.25, 0.3) is 21.7 Å². The van der Waals surface area contributed by atoms with Gasteiger partial charge in [0, 0.05) is 89.5 Å². The van der Waals surface area contributed by atoms with Crippen molar-refractivity contribution >= 4 is 40.5 Å². The molecule has 2 aromatic carbocycles. The first-order chi connectivity index (χ1) is 37.3. The van der Waals surface area contributed by atoms with E-state index in [1.165, 1.54) is 17.7 Å². The summed E-state index contributed by atoms with van der Waals surface area (Å²) in [5.74, 6) is 1.17. The number of hydrogen-bond acceptors (Lipinski definition) is 17. The topological polar surface area (TPSA) is 212 Å². The quantitative estimate of drug-likeness (QED) is 0.0829. The lowest BCUT2D eigenvalue weighted by Gasteiger charge is -2.51. The summed E-state index contributed by atoms with van der Waals surface area (Å²) in [6.45, 7) is 17.2. The van der Waals surface area contributed by atoms with Crippen molar-refractivity contribution in [2.24, 2.45) is 11.8 Å². The molecule has 1 spiro atoms. The van der Waals surface area contributed by atoms with Crippen molar-refractivity contribution in [3.8, 4) is 27.4 Å². The predicted octanol–water partition coefficient (Wildman–Crippen LogP) is 7.03. The molecule has 77 heavy (non-hydrogen) atoms. The van der Waals surface area contributed by atoms with Gasteiger partial charge in [-0.25, -0.2) is 4.98 Å². The van der Waals surface area contributed by atoms with Gasteiger partial charge in [0.15, 0.2) is 17.4 Å². The number of nitrogens with two attached hydrogens (primary N) is 1. The van der Waals surface area contributed by atoms with E-state index in [0.717, 1.165) is 137 Å². The number of nitrogens with one attached hydrogen (secondary N) is 1. The van der Waals surface area contributed by atoms with Crippen LogP contribution < -0.4 is 20.9 Å². The van der Waals surface area contributed by atoms with E-state index in [1.807, 2.05) is 81.7 Å². The second kappa shape index (κ2) is 22.9. The molecule has 5 aromatic rings. The first-order valence-electron chi connectivity index (χ1n) is 28.2. The van der Waals surface area contributed by atoms with Gasteiger partial charge >= 0.3 is 0 Å². The number of aliphatic hydroxyl groups excluding tert-OH is 1. The zero-order chi connectivity index (χ0) is 53.4. The molecule has 1 saturated carbocycles. The maximum absolute atomic E-state index is 14.4. The van der Waals surface area contributed by atoms with E-state index in [4.69, 9.17) is 19.7 Å². The van der Waals surface area contributed by atoms with Crippen LogP contribution in [-0.2, 0) is 19.1 Å². The number of carbonyl (C=O) groups excluding carboxylic acids is 2. The SMILES string of the molecule is Cc1ncsc1-c1ccc([C@H](C)NC(=O)[C@@H]2C[C@@H](O)CN2C(=O)[C@@H](c2cc(N3CCC(OC4CCN(C5CC(CN6CCOC7(CCN(c8cc(-c9ccccc9O)nnc8N)CC7)C6)C5)CC4)CC3)no2)C(C)C)cc1. The number of rotatable bonds is 15. The normalized spacial score (nSPS) is 24.6. The van der Waals surface area contributed by atoms with Crippen LogP contribution in [0.3, 0.4) is 0 Å². The van der Waals surface area contributed by atoms with E-state index in [-0.39, 0.29) is 60.3 Å². The average molecular weight is 1070 g/mol. The number of anilines is 3. The zero-order valence-corrected chi connectivity index (χ0v) is 46.0. The van der Waals surface area contributed by atoms with E-state index in [0.29, 0.717) is 34.7 Å². The highest BCUT2D eigenvalue weighted by Gasteiger charge is 2.45. The predicted molar refractivity (Wildman–Crippen MR) is 297 cm³/mol. The summed E-state index contributed by atoms with van der Waals surface area (Å²) in [7, 11) is 0. The van der Waals surface area contributed by atoms with Gasteiger partial charge in [-0.1, -0.05) is 55.4 Å². The summed E-state index contributed by atoms with van der Waals surface area (Å²) in [6.07, 6.45) is 8.15. The van der Waals surface area contributed by atoms with Gasteiger partial charge in [-0.05, 0) is 106 Å². The molecule has 6 fully saturated rings. The van der Waals surface area contributed by atoms with Gasteiger partial charge in [0.2, 0.25) is 11.8 Å². The zero-order valence-electron chi connectivity index (χ0n) is 45.1. The molecule has 2 amide bonds. The van der Waals surface area contributed by atoms with Gasteiger partial charge in [-0.2, -0.15) is 0 Å². The number of aliphatic hydroxyl groups is 1. The van der Waals surface area contributed by atoms with E-state index in [1.54, 1.807) is 23.5 Å². The smallest absolute Gasteiger partial charge is 0.243 e. The molecule has 19 heteroatoms. The minimum atomic E-state index is -0.802. The number of amides is 2. The number of β-amino-alcohol motifs (C(OH)–C–C–N with tert-alkyl or cyclic N) is 1. The number of carbonyl (C=O) groups is 2. The third-order valence-electron chi connectivity index (χ3n) is 17.6. The average Bonchev–Trinajstić information content (AvgIpc) is 4.22. The molecule has 5 saturated heterocycles. The lowest BCUT2D eigenvalue weighted by atomic mass is 9.77. The van der Waals surface area contributed by atoms with Gasteiger partial charge in [0.25, 0.3) is 0 Å². The van der Waals surface area contributed by atoms with Crippen LogP contribution in [0, 0.1) is 18.8 Å². The lowest BCUT2D eigenvalue weighted by molar-refractivity contribution is -0.141. The maximum Gasteiger partial charge on any atom is 0.243 e. The number of phenols is 1. The Bertz CT molecular complexity index is 2820. The van der Waals surface area contributed by atoms with Crippen LogP contribution in [0.4, 0.5) is 17.3 Å². The Morgan fingerprint density at radius 1 is 0.909 bits per heavy atom. The van der Waals surface area contributed by atoms with Gasteiger partial charge in [-0.15, -0.1) is 21.5 Å². The molecule has 0 radical (unpaired) electrons. The summed E-state index contributed by atoms with van der Waals surface area (Å²) in [5, 5.41) is 37.3. The van der Waals surface area contributed by atoms with Crippen LogP contribution in [-0.4, -0.2) is 165 Å². The number of benzene rings is 2. The Balaban J connectivity index is 0.597. The number of nitrogen functional groups attached to an aromatic ring is 1. The highest BCUT2D eigenvalue weighted by Crippen LogP contribution is 2.40. The number of aryl methyl sites for hydroxylation is 1. The van der Waals surface area contributed by atoms with Crippen LogP contribution in [0.5, 0.6) is 5.75 Å². The number of aromatic hydroxyl groups is 1. The molecule has 0 bridgehead atoms. The number of thiazole rings is 1. The van der Waals surface area contributed by atoms with Crippen LogP contribution in [0.1, 0.15) is 108 Å². The molecular formula is C58H77N11O7S. The van der Waals surface area contributed by atoms with Crippen molar-refractivity contribution < 1.29 is 33.8 Å². The number of aromatic nitrogens is 4. The highest BCUT2D eigenvalue weighted by atomic mass is 32.1. The molecule has 4 atom stereocenters. The molecule has 18 nitrogen and oxygen atoms in total. The third-order valence-corrected chi connectivity index (χ3v) is 18.6. The first-order valence-corrected chi connectivity index (χ1v) is 29.1. The number of morpholine rings is 1. The van der Waals surface area contributed by atoms with Crippen LogP contribution in [0.15, 0.2) is 70.7 Å². The summed E-state index contributed by atoms with van der Waals surface area (Å²) >= 11 is 1.60. The minimum absolute atomic E-state index is 0.0839. The fourth-order valence-electron chi connectivity index (χ4n) is 13.1. The minimum Gasteiger partial charge on any atom is -0.507 e. The standard InChI is InChI=1S/C58H77N11O7S/c1-36(2)53(57(73)69-33-43(70)29-49(69)56(72)61-37(3)40-9-11-41(12-10-40)54-38(4)60-35-77-54)51-31-52(64-76-51)68-21-15-45(16-22-68)75-44-13-19-66(20-14-44)42-27-39(28-42)32-65-25-26-74-58(34-65)17-23-67(24-18-58)48-30-47(62-63-55(48)59)46-7-5-6-8-50(46)71/h5-12,30-31,35-37,39,42-45,49,53,70-71H,13-29,32-34H2,1-4H3,(H2,59,63)(H,61,72)/t37-,39?,42?,43+,49-,53+/m0/s1. The van der Waals surface area contributed by atoms with Gasteiger partial charge in [0.05, 0.1) is 64.0 Å². The molecule has 11 rings (SSSR count). The highest BCUT2D eigenvalue weighted by molar-refractivity contribution is 7.13. The number of phenolic OH excluding ortho intramolecular Hbond substituents is 1. The number of nitrogens with zero attached hydrogens (tertiary/aromatic N) is 9. The molecule has 6 aliphatic rings.